The number of imidazole rings is 1. The lowest BCUT2D eigenvalue weighted by atomic mass is 9.78. The summed E-state index contributed by atoms with van der Waals surface area (Å²) in [5.74, 6) is 0.543. The Balaban J connectivity index is 1.22. The number of aromatic nitrogens is 2. The van der Waals surface area contributed by atoms with Gasteiger partial charge in [0.15, 0.2) is 0 Å². The first-order valence-electron chi connectivity index (χ1n) is 14.7. The normalized spacial score (nSPS) is 19.9. The number of carbonyl (C=O) groups is 2. The van der Waals surface area contributed by atoms with E-state index in [1.165, 1.54) is 7.11 Å². The number of alkyl carbamates (subject to hydrolysis) is 1. The second-order valence-electron chi connectivity index (χ2n) is 12.2. The smallest absolute Gasteiger partial charge is 0.453 e. The van der Waals surface area contributed by atoms with Crippen LogP contribution in [0.1, 0.15) is 64.0 Å². The molecule has 43 heavy (non-hydrogen) atoms. The van der Waals surface area contributed by atoms with Crippen molar-refractivity contribution in [2.75, 3.05) is 13.7 Å². The highest BCUT2D eigenvalue weighted by Crippen LogP contribution is 2.37. The average molecular weight is 580 g/mol. The molecule has 222 valence electrons. The van der Waals surface area contributed by atoms with Crippen molar-refractivity contribution in [1.29, 1.82) is 0 Å². The molecule has 0 radical (unpaired) electrons. The second-order valence-corrected chi connectivity index (χ2v) is 12.2. The van der Waals surface area contributed by atoms with Gasteiger partial charge in [-0.25, -0.2) is 9.78 Å². The van der Waals surface area contributed by atoms with E-state index in [1.807, 2.05) is 48.5 Å². The van der Waals surface area contributed by atoms with Crippen molar-refractivity contribution in [3.63, 3.8) is 0 Å². The third kappa shape index (κ3) is 5.52. The minimum absolute atomic E-state index is 0.192. The van der Waals surface area contributed by atoms with Gasteiger partial charge in [-0.3, -0.25) is 4.79 Å². The van der Waals surface area contributed by atoms with E-state index < -0.39 is 19.3 Å². The van der Waals surface area contributed by atoms with Crippen LogP contribution in [-0.4, -0.2) is 58.8 Å². The molecule has 2 aliphatic rings. The number of benzene rings is 3. The summed E-state index contributed by atoms with van der Waals surface area (Å²) >= 11 is 0. The highest BCUT2D eigenvalue weighted by molar-refractivity contribution is 6.62. The number of fused-ring (bicyclic) bond motifs is 1. The molecule has 1 aromatic heterocycles. The van der Waals surface area contributed by atoms with Crippen LogP contribution in [-0.2, 0) is 18.8 Å². The van der Waals surface area contributed by atoms with E-state index in [4.69, 9.17) is 19.0 Å². The van der Waals surface area contributed by atoms with Crippen LogP contribution in [0, 0.1) is 0 Å². The number of rotatable bonds is 6. The molecule has 2 N–H and O–H groups in total. The fraction of sp³-hybridized carbons (Fsp3) is 0.364. The molecule has 0 bridgehead atoms. The van der Waals surface area contributed by atoms with Gasteiger partial charge in [0.25, 0.3) is 5.91 Å². The summed E-state index contributed by atoms with van der Waals surface area (Å²) in [6, 6.07) is 22.5. The molecule has 3 heterocycles. The van der Waals surface area contributed by atoms with Crippen molar-refractivity contribution >= 4 is 35.6 Å². The summed E-state index contributed by atoms with van der Waals surface area (Å²) in [5.41, 5.74) is 4.74. The van der Waals surface area contributed by atoms with Gasteiger partial charge in [-0.05, 0) is 74.8 Å². The van der Waals surface area contributed by atoms with Crippen molar-refractivity contribution in [3.8, 4) is 11.1 Å². The average Bonchev–Trinajstić information content (AvgIpc) is 3.71. The Kier molecular flexibility index (Phi) is 7.52. The van der Waals surface area contributed by atoms with Gasteiger partial charge < -0.3 is 29.2 Å². The summed E-state index contributed by atoms with van der Waals surface area (Å²) in [7, 11) is 0.884. The number of carbonyl (C=O) groups excluding carboxylic acids is 2. The largest absolute Gasteiger partial charge is 0.494 e. The fourth-order valence-electron chi connectivity index (χ4n) is 5.77. The SMILES string of the molecule is COC(=O)N[C@@H](C(=O)N1CCCC1c1nc2ccc(-c3ccc(B4OC(C)(C)C(C)(C)O4)cc3)cc2[nH]1)c1ccccc1. The van der Waals surface area contributed by atoms with E-state index in [9.17, 15) is 9.59 Å². The Morgan fingerprint density at radius 2 is 1.67 bits per heavy atom. The second kappa shape index (κ2) is 11.2. The van der Waals surface area contributed by atoms with Crippen molar-refractivity contribution in [3.05, 3.63) is 84.2 Å². The van der Waals surface area contributed by atoms with Gasteiger partial charge in [0.2, 0.25) is 0 Å². The number of H-pyrrole nitrogens is 1. The van der Waals surface area contributed by atoms with E-state index >= 15 is 0 Å². The Hall–Kier alpha value is -4.15. The third-order valence-corrected chi connectivity index (χ3v) is 8.95. The zero-order chi connectivity index (χ0) is 30.4. The van der Waals surface area contributed by atoms with Crippen molar-refractivity contribution in [2.45, 2.75) is 63.8 Å². The molecule has 2 atom stereocenters. The summed E-state index contributed by atoms with van der Waals surface area (Å²) < 4.78 is 17.2. The standard InChI is InChI=1S/C33H37BN4O5/c1-32(2)33(3,4)43-34(42-32)24-16-13-21(14-17-24)23-15-18-25-26(20-23)36-29(35-25)27-12-9-19-38(27)30(39)28(37-31(40)41-5)22-10-7-6-8-11-22/h6-8,10-11,13-18,20,27-28H,9,12,19H2,1-5H3,(H,35,36)(H,37,40)/t27?,28-/m1/s1. The quantitative estimate of drug-likeness (QED) is 0.301. The van der Waals surface area contributed by atoms with E-state index in [1.54, 1.807) is 4.90 Å². The zero-order valence-electron chi connectivity index (χ0n) is 25.2. The number of methoxy groups -OCH3 is 1. The lowest BCUT2D eigenvalue weighted by molar-refractivity contribution is -0.134. The van der Waals surface area contributed by atoms with Gasteiger partial charge in [-0.2, -0.15) is 0 Å². The Bertz CT molecular complexity index is 1620. The van der Waals surface area contributed by atoms with Gasteiger partial charge in [0.1, 0.15) is 11.9 Å². The van der Waals surface area contributed by atoms with E-state index in [-0.39, 0.29) is 23.2 Å². The highest BCUT2D eigenvalue weighted by atomic mass is 16.7. The lowest BCUT2D eigenvalue weighted by Crippen LogP contribution is -2.42. The number of hydrogen-bond acceptors (Lipinski definition) is 6. The van der Waals surface area contributed by atoms with Crippen LogP contribution in [0.5, 0.6) is 0 Å². The van der Waals surface area contributed by atoms with Crippen LogP contribution in [0.25, 0.3) is 22.2 Å². The van der Waals surface area contributed by atoms with Gasteiger partial charge in [-0.15, -0.1) is 0 Å². The predicted molar refractivity (Wildman–Crippen MR) is 166 cm³/mol. The molecular weight excluding hydrogens is 543 g/mol. The highest BCUT2D eigenvalue weighted by Gasteiger charge is 2.51. The monoisotopic (exact) mass is 580 g/mol. The minimum Gasteiger partial charge on any atom is -0.453 e. The Labute approximate surface area is 252 Å². The summed E-state index contributed by atoms with van der Waals surface area (Å²) in [4.78, 5) is 36.1. The van der Waals surface area contributed by atoms with Gasteiger partial charge in [0.05, 0.1) is 35.4 Å². The van der Waals surface area contributed by atoms with Crippen LogP contribution in [0.2, 0.25) is 0 Å². The van der Waals surface area contributed by atoms with Gasteiger partial charge >= 0.3 is 13.2 Å². The van der Waals surface area contributed by atoms with Gasteiger partial charge in [-0.1, -0.05) is 60.7 Å². The van der Waals surface area contributed by atoms with Crippen LogP contribution < -0.4 is 10.8 Å². The molecule has 0 saturated carbocycles. The van der Waals surface area contributed by atoms with Crippen LogP contribution >= 0.6 is 0 Å². The van der Waals surface area contributed by atoms with E-state index in [2.05, 4.69) is 62.3 Å². The van der Waals surface area contributed by atoms with E-state index in [0.29, 0.717) is 12.1 Å². The maximum atomic E-state index is 13.8. The molecular formula is C33H37BN4O5. The predicted octanol–water partition coefficient (Wildman–Crippen LogP) is 5.29. The summed E-state index contributed by atoms with van der Waals surface area (Å²) in [6.07, 6.45) is 0.963. The molecule has 2 aliphatic heterocycles. The summed E-state index contributed by atoms with van der Waals surface area (Å²) in [6.45, 7) is 8.79. The Morgan fingerprint density at radius 1 is 1.00 bits per heavy atom. The van der Waals surface area contributed by atoms with Crippen LogP contribution in [0.3, 0.4) is 0 Å². The third-order valence-electron chi connectivity index (χ3n) is 8.95. The number of likely N-dealkylation sites (tertiary alicyclic amines) is 1. The molecule has 0 spiro atoms. The van der Waals surface area contributed by atoms with Crippen LogP contribution in [0.4, 0.5) is 4.79 Å². The number of amides is 2. The van der Waals surface area contributed by atoms with Crippen molar-refractivity contribution < 1.29 is 23.6 Å². The topological polar surface area (TPSA) is 106 Å². The molecule has 0 aliphatic carbocycles. The van der Waals surface area contributed by atoms with E-state index in [0.717, 1.165) is 46.3 Å². The van der Waals surface area contributed by atoms with Crippen molar-refractivity contribution in [2.24, 2.45) is 0 Å². The van der Waals surface area contributed by atoms with Crippen LogP contribution in [0.15, 0.2) is 72.8 Å². The molecule has 3 aromatic carbocycles. The number of hydrogen-bond donors (Lipinski definition) is 2. The fourth-order valence-corrected chi connectivity index (χ4v) is 5.77. The molecule has 1 unspecified atom stereocenters. The molecule has 2 saturated heterocycles. The van der Waals surface area contributed by atoms with Crippen molar-refractivity contribution in [1.82, 2.24) is 20.2 Å². The maximum absolute atomic E-state index is 13.8. The molecule has 4 aromatic rings. The molecule has 2 fully saturated rings. The Morgan fingerprint density at radius 3 is 2.35 bits per heavy atom. The summed E-state index contributed by atoms with van der Waals surface area (Å²) in [5, 5.41) is 2.71. The number of nitrogens with zero attached hydrogens (tertiary/aromatic N) is 2. The first-order valence-corrected chi connectivity index (χ1v) is 14.7. The molecule has 10 heteroatoms. The minimum atomic E-state index is -0.856. The maximum Gasteiger partial charge on any atom is 0.494 e. The number of aromatic amines is 1. The first kappa shape index (κ1) is 29.0. The first-order chi connectivity index (χ1) is 20.6. The zero-order valence-corrected chi connectivity index (χ0v) is 25.2. The van der Waals surface area contributed by atoms with Gasteiger partial charge in [0, 0.05) is 6.54 Å². The number of nitrogens with one attached hydrogen (secondary N) is 2. The number of ether oxygens (including phenoxy) is 1. The molecule has 9 nitrogen and oxygen atoms in total. The lowest BCUT2D eigenvalue weighted by Gasteiger charge is -2.32. The molecule has 6 rings (SSSR count). The molecule has 2 amide bonds.